The van der Waals surface area contributed by atoms with Crippen molar-refractivity contribution in [1.29, 1.82) is 0 Å². The van der Waals surface area contributed by atoms with E-state index in [1.54, 1.807) is 0 Å². The fourth-order valence-corrected chi connectivity index (χ4v) is 3.65. The van der Waals surface area contributed by atoms with Gasteiger partial charge in [0.25, 0.3) is 0 Å². The maximum absolute atomic E-state index is 13.0. The molecule has 5 unspecified atom stereocenters. The first-order valence-electron chi connectivity index (χ1n) is 10.0. The van der Waals surface area contributed by atoms with Gasteiger partial charge in [-0.3, -0.25) is 4.79 Å². The van der Waals surface area contributed by atoms with Crippen LogP contribution in [0.4, 0.5) is 0 Å². The highest BCUT2D eigenvalue weighted by molar-refractivity contribution is 5.88. The maximum Gasteiger partial charge on any atom is 0.335 e. The highest BCUT2D eigenvalue weighted by Gasteiger charge is 2.48. The number of aliphatic hydroxyl groups is 3. The normalized spacial score (nSPS) is 24.3. The molecule has 13 nitrogen and oxygen atoms in total. The van der Waals surface area contributed by atoms with Gasteiger partial charge in [0.2, 0.25) is 17.5 Å². The SMILES string of the molecule is COc1c(-c2ccc(O)c(O)c2)oc2cc(OC3OC(C(=O)O)C(O)C(O)C3O)cc(O)c2c1=O. The molecule has 0 bridgehead atoms. The van der Waals surface area contributed by atoms with Gasteiger partial charge < -0.3 is 54.4 Å². The quantitative estimate of drug-likeness (QED) is 0.231. The number of methoxy groups -OCH3 is 1. The van der Waals surface area contributed by atoms with Crippen LogP contribution in [0.15, 0.2) is 39.5 Å². The fourth-order valence-electron chi connectivity index (χ4n) is 3.65. The van der Waals surface area contributed by atoms with Crippen molar-refractivity contribution in [1.82, 2.24) is 0 Å². The van der Waals surface area contributed by atoms with Crippen molar-refractivity contribution in [3.05, 3.63) is 40.6 Å². The van der Waals surface area contributed by atoms with Gasteiger partial charge in [-0.25, -0.2) is 4.79 Å². The van der Waals surface area contributed by atoms with Crippen LogP contribution in [-0.2, 0) is 9.53 Å². The Morgan fingerprint density at radius 3 is 2.29 bits per heavy atom. The number of rotatable bonds is 5. The van der Waals surface area contributed by atoms with Crippen molar-refractivity contribution in [3.63, 3.8) is 0 Å². The second-order valence-electron chi connectivity index (χ2n) is 7.67. The topological polar surface area (TPSA) is 217 Å². The van der Waals surface area contributed by atoms with Crippen LogP contribution in [-0.4, -0.2) is 79.5 Å². The smallest absolute Gasteiger partial charge is 0.335 e. The van der Waals surface area contributed by atoms with E-state index >= 15 is 0 Å². The molecule has 0 radical (unpaired) electrons. The highest BCUT2D eigenvalue weighted by Crippen LogP contribution is 2.38. The number of hydrogen-bond donors (Lipinski definition) is 7. The van der Waals surface area contributed by atoms with Crippen LogP contribution in [0.5, 0.6) is 28.7 Å². The Labute approximate surface area is 195 Å². The summed E-state index contributed by atoms with van der Waals surface area (Å²) in [5.74, 6) is -3.86. The Bertz CT molecular complexity index is 1350. The molecule has 1 saturated heterocycles. The third-order valence-electron chi connectivity index (χ3n) is 5.41. The van der Waals surface area contributed by atoms with E-state index in [4.69, 9.17) is 23.7 Å². The molecule has 5 atom stereocenters. The van der Waals surface area contributed by atoms with Crippen molar-refractivity contribution in [2.75, 3.05) is 7.11 Å². The average molecular weight is 492 g/mol. The molecule has 7 N–H and O–H groups in total. The van der Waals surface area contributed by atoms with Crippen LogP contribution >= 0.6 is 0 Å². The second-order valence-corrected chi connectivity index (χ2v) is 7.67. The molecule has 1 aliphatic heterocycles. The Morgan fingerprint density at radius 2 is 1.66 bits per heavy atom. The predicted molar refractivity (Wildman–Crippen MR) is 114 cm³/mol. The number of benzene rings is 2. The Morgan fingerprint density at radius 1 is 0.943 bits per heavy atom. The van der Waals surface area contributed by atoms with E-state index in [9.17, 15) is 40.2 Å². The molecule has 1 fully saturated rings. The predicted octanol–water partition coefficient (Wildman–Crippen LogP) is -0.144. The molecular weight excluding hydrogens is 472 g/mol. The van der Waals surface area contributed by atoms with Crippen LogP contribution in [0.2, 0.25) is 0 Å². The van der Waals surface area contributed by atoms with Crippen LogP contribution in [0.25, 0.3) is 22.3 Å². The summed E-state index contributed by atoms with van der Waals surface area (Å²) in [7, 11) is 1.19. The van der Waals surface area contributed by atoms with Crippen LogP contribution in [0.1, 0.15) is 0 Å². The summed E-state index contributed by atoms with van der Waals surface area (Å²) in [5.41, 5.74) is -0.859. The van der Waals surface area contributed by atoms with Crippen LogP contribution in [0.3, 0.4) is 0 Å². The van der Waals surface area contributed by atoms with Crippen LogP contribution in [0, 0.1) is 0 Å². The highest BCUT2D eigenvalue weighted by atomic mass is 16.7. The van der Waals surface area contributed by atoms with E-state index in [1.165, 1.54) is 13.2 Å². The monoisotopic (exact) mass is 492 g/mol. The minimum atomic E-state index is -1.93. The summed E-state index contributed by atoms with van der Waals surface area (Å²) in [6, 6.07) is 5.71. The molecule has 3 aromatic rings. The molecule has 2 heterocycles. The number of carboxylic acids is 1. The van der Waals surface area contributed by atoms with E-state index in [1.807, 2.05) is 0 Å². The zero-order valence-electron chi connectivity index (χ0n) is 17.9. The van der Waals surface area contributed by atoms with Gasteiger partial charge in [-0.05, 0) is 18.2 Å². The first kappa shape index (κ1) is 24.1. The summed E-state index contributed by atoms with van der Waals surface area (Å²) in [4.78, 5) is 24.3. The van der Waals surface area contributed by atoms with Crippen molar-refractivity contribution < 1.29 is 59.2 Å². The van der Waals surface area contributed by atoms with Crippen molar-refractivity contribution in [2.45, 2.75) is 30.7 Å². The number of aliphatic carboxylic acids is 1. The van der Waals surface area contributed by atoms with E-state index in [-0.39, 0.29) is 33.8 Å². The van der Waals surface area contributed by atoms with Gasteiger partial charge in [0.05, 0.1) is 7.11 Å². The lowest BCUT2D eigenvalue weighted by atomic mass is 9.99. The molecule has 13 heteroatoms. The summed E-state index contributed by atoms with van der Waals surface area (Å²) in [5, 5.41) is 68.6. The number of phenolic OH excluding ortho intramolecular Hbond substituents is 3. The lowest BCUT2D eigenvalue weighted by molar-refractivity contribution is -0.271. The molecule has 0 amide bonds. The van der Waals surface area contributed by atoms with Crippen molar-refractivity contribution in [2.24, 2.45) is 0 Å². The number of fused-ring (bicyclic) bond motifs is 1. The second kappa shape index (κ2) is 8.96. The molecule has 0 saturated carbocycles. The molecular formula is C22H20O13. The number of aliphatic hydroxyl groups excluding tert-OH is 3. The molecule has 35 heavy (non-hydrogen) atoms. The number of ether oxygens (including phenoxy) is 3. The first-order valence-corrected chi connectivity index (χ1v) is 10.0. The molecule has 0 aliphatic carbocycles. The molecule has 186 valence electrons. The lowest BCUT2D eigenvalue weighted by Crippen LogP contribution is -2.61. The molecule has 1 aliphatic rings. The fraction of sp³-hybridized carbons (Fsp3) is 0.273. The Kier molecular flexibility index (Phi) is 6.17. The van der Waals surface area contributed by atoms with Gasteiger partial charge in [-0.2, -0.15) is 0 Å². The van der Waals surface area contributed by atoms with Crippen LogP contribution < -0.4 is 14.9 Å². The zero-order chi connectivity index (χ0) is 25.6. The van der Waals surface area contributed by atoms with Gasteiger partial charge in [-0.15, -0.1) is 0 Å². The lowest BCUT2D eigenvalue weighted by Gasteiger charge is -2.38. The van der Waals surface area contributed by atoms with Gasteiger partial charge >= 0.3 is 5.97 Å². The molecule has 4 rings (SSSR count). The summed E-state index contributed by atoms with van der Waals surface area (Å²) < 4.78 is 21.3. The largest absolute Gasteiger partial charge is 0.507 e. The summed E-state index contributed by atoms with van der Waals surface area (Å²) in [6.45, 7) is 0. The number of aromatic hydroxyl groups is 3. The van der Waals surface area contributed by atoms with Crippen molar-refractivity contribution >= 4 is 16.9 Å². The summed E-state index contributed by atoms with van der Waals surface area (Å²) >= 11 is 0. The number of hydrogen-bond acceptors (Lipinski definition) is 12. The molecule has 0 spiro atoms. The molecule has 1 aromatic heterocycles. The third-order valence-corrected chi connectivity index (χ3v) is 5.41. The van der Waals surface area contributed by atoms with E-state index in [0.717, 1.165) is 24.3 Å². The van der Waals surface area contributed by atoms with Gasteiger partial charge in [0, 0.05) is 17.7 Å². The third kappa shape index (κ3) is 4.17. The standard InChI is InChI=1S/C22H20O13/c1-32-19-14(26)13-11(25)5-8(33-22-17(29)15(27)16(28)20(35-22)21(30)31)6-12(13)34-18(19)7-2-3-9(23)10(24)4-7/h2-6,15-17,20,22-25,27-29H,1H3,(H,30,31). The van der Waals surface area contributed by atoms with Gasteiger partial charge in [-0.1, -0.05) is 0 Å². The van der Waals surface area contributed by atoms with Gasteiger partial charge in [0.1, 0.15) is 40.8 Å². The maximum atomic E-state index is 13.0. The Hall–Kier alpha value is -4.04. The Balaban J connectivity index is 1.79. The minimum absolute atomic E-state index is 0.148. The van der Waals surface area contributed by atoms with Crippen molar-refractivity contribution in [3.8, 4) is 40.1 Å². The first-order chi connectivity index (χ1) is 16.5. The number of carboxylic acid groups (broad SMARTS) is 1. The average Bonchev–Trinajstić information content (AvgIpc) is 2.80. The van der Waals surface area contributed by atoms with Gasteiger partial charge in [0.15, 0.2) is 23.4 Å². The summed E-state index contributed by atoms with van der Waals surface area (Å²) in [6.07, 6.45) is -9.40. The molecule has 2 aromatic carbocycles. The van der Waals surface area contributed by atoms with E-state index in [2.05, 4.69) is 0 Å². The number of carbonyl (C=O) groups is 1. The number of phenols is 3. The zero-order valence-corrected chi connectivity index (χ0v) is 17.9. The van der Waals surface area contributed by atoms with E-state index in [0.29, 0.717) is 0 Å². The van der Waals surface area contributed by atoms with E-state index < -0.39 is 59.4 Å². The minimum Gasteiger partial charge on any atom is -0.507 e.